The van der Waals surface area contributed by atoms with Gasteiger partial charge in [-0.1, -0.05) is 29.8 Å². The van der Waals surface area contributed by atoms with Gasteiger partial charge in [0.25, 0.3) is 0 Å². The van der Waals surface area contributed by atoms with Gasteiger partial charge in [-0.2, -0.15) is 0 Å². The van der Waals surface area contributed by atoms with E-state index in [1.54, 1.807) is 6.92 Å². The fourth-order valence-corrected chi connectivity index (χ4v) is 2.85. The van der Waals surface area contributed by atoms with E-state index in [0.29, 0.717) is 12.2 Å². The van der Waals surface area contributed by atoms with Crippen LogP contribution in [0.3, 0.4) is 0 Å². The number of carboxylic acids is 1. The zero-order chi connectivity index (χ0) is 16.1. The normalized spacial score (nSPS) is 10.5. The number of hydrogen-bond acceptors (Lipinski definition) is 4. The number of rotatable bonds is 6. The first-order valence-electron chi connectivity index (χ1n) is 7.00. The molecule has 5 nitrogen and oxygen atoms in total. The highest BCUT2D eigenvalue weighted by Gasteiger charge is 2.17. The molecule has 2 rings (SSSR count). The van der Waals surface area contributed by atoms with Crippen LogP contribution in [0.15, 0.2) is 29.6 Å². The highest BCUT2D eigenvalue weighted by molar-refractivity contribution is 7.13. The number of aliphatic carboxylic acids is 1. The molecule has 0 aliphatic heterocycles. The third-order valence-corrected chi connectivity index (χ3v) is 4.18. The molecule has 0 spiro atoms. The quantitative estimate of drug-likeness (QED) is 0.889. The summed E-state index contributed by atoms with van der Waals surface area (Å²) in [5, 5.41) is 11.5. The SMILES string of the molecule is CCN(CC(=O)O)C(=O)Cc1csc(-c2ccc(C)cc2)n1. The number of amides is 1. The molecule has 0 bridgehead atoms. The Balaban J connectivity index is 2.06. The summed E-state index contributed by atoms with van der Waals surface area (Å²) in [7, 11) is 0. The van der Waals surface area contributed by atoms with E-state index < -0.39 is 5.97 Å². The lowest BCUT2D eigenvalue weighted by Crippen LogP contribution is -2.36. The van der Waals surface area contributed by atoms with Crippen LogP contribution in [0.1, 0.15) is 18.2 Å². The molecule has 0 unspecified atom stereocenters. The molecule has 0 saturated carbocycles. The molecule has 22 heavy (non-hydrogen) atoms. The van der Waals surface area contributed by atoms with Crippen molar-refractivity contribution in [1.29, 1.82) is 0 Å². The van der Waals surface area contributed by atoms with E-state index in [-0.39, 0.29) is 18.9 Å². The second-order valence-corrected chi connectivity index (χ2v) is 5.85. The molecule has 0 radical (unpaired) electrons. The maximum absolute atomic E-state index is 12.1. The lowest BCUT2D eigenvalue weighted by molar-refractivity contribution is -0.144. The number of aromatic nitrogens is 1. The van der Waals surface area contributed by atoms with Crippen LogP contribution in [0, 0.1) is 6.92 Å². The maximum Gasteiger partial charge on any atom is 0.323 e. The van der Waals surface area contributed by atoms with Gasteiger partial charge in [0.15, 0.2) is 0 Å². The molecule has 1 N–H and O–H groups in total. The Labute approximate surface area is 133 Å². The van der Waals surface area contributed by atoms with E-state index in [1.807, 2.05) is 36.6 Å². The lowest BCUT2D eigenvalue weighted by atomic mass is 10.2. The predicted octanol–water partition coefficient (Wildman–Crippen LogP) is 2.59. The fraction of sp³-hybridized carbons (Fsp3) is 0.312. The van der Waals surface area contributed by atoms with Gasteiger partial charge in [0, 0.05) is 17.5 Å². The van der Waals surface area contributed by atoms with Crippen LogP contribution in [0.25, 0.3) is 10.6 Å². The van der Waals surface area contributed by atoms with Gasteiger partial charge in [-0.3, -0.25) is 9.59 Å². The van der Waals surface area contributed by atoms with Crippen LogP contribution >= 0.6 is 11.3 Å². The highest BCUT2D eigenvalue weighted by atomic mass is 32.1. The monoisotopic (exact) mass is 318 g/mol. The number of carbonyl (C=O) groups excluding carboxylic acids is 1. The van der Waals surface area contributed by atoms with Crippen molar-refractivity contribution in [2.75, 3.05) is 13.1 Å². The minimum absolute atomic E-state index is 0.128. The Bertz CT molecular complexity index is 664. The molecule has 1 aromatic heterocycles. The molecule has 116 valence electrons. The first-order chi connectivity index (χ1) is 10.5. The first-order valence-corrected chi connectivity index (χ1v) is 7.88. The molecule has 1 heterocycles. The standard InChI is InChI=1S/C16H18N2O3S/c1-3-18(9-15(20)21)14(19)8-13-10-22-16(17-13)12-6-4-11(2)5-7-12/h4-7,10H,3,8-9H2,1-2H3,(H,20,21). The summed E-state index contributed by atoms with van der Waals surface area (Å²) >= 11 is 1.49. The van der Waals surface area contributed by atoms with Crippen molar-refractivity contribution in [2.24, 2.45) is 0 Å². The molecule has 2 aromatic rings. The van der Waals surface area contributed by atoms with Gasteiger partial charge in [0.1, 0.15) is 11.6 Å². The zero-order valence-electron chi connectivity index (χ0n) is 12.6. The van der Waals surface area contributed by atoms with Gasteiger partial charge in [-0.25, -0.2) is 4.98 Å². The minimum atomic E-state index is -1.01. The Morgan fingerprint density at radius 2 is 1.95 bits per heavy atom. The Kier molecular flexibility index (Phi) is 5.27. The summed E-state index contributed by atoms with van der Waals surface area (Å²) in [5.41, 5.74) is 2.88. The van der Waals surface area contributed by atoms with Crippen LogP contribution in [0.5, 0.6) is 0 Å². The maximum atomic E-state index is 12.1. The number of carboxylic acid groups (broad SMARTS) is 1. The number of thiazole rings is 1. The number of aryl methyl sites for hydroxylation is 1. The van der Waals surface area contributed by atoms with Gasteiger partial charge < -0.3 is 10.0 Å². The van der Waals surface area contributed by atoms with E-state index in [0.717, 1.165) is 10.6 Å². The van der Waals surface area contributed by atoms with E-state index in [1.165, 1.54) is 21.8 Å². The third-order valence-electron chi connectivity index (χ3n) is 3.24. The topological polar surface area (TPSA) is 70.5 Å². The third kappa shape index (κ3) is 4.14. The number of benzene rings is 1. The van der Waals surface area contributed by atoms with Crippen LogP contribution in [0.2, 0.25) is 0 Å². The molecule has 0 aliphatic carbocycles. The molecule has 1 aromatic carbocycles. The van der Waals surface area contributed by atoms with Crippen LogP contribution in [0.4, 0.5) is 0 Å². The largest absolute Gasteiger partial charge is 0.480 e. The Hall–Kier alpha value is -2.21. The van der Waals surface area contributed by atoms with Crippen LogP contribution in [-0.4, -0.2) is 40.0 Å². The van der Waals surface area contributed by atoms with Gasteiger partial charge >= 0.3 is 5.97 Å². The molecule has 0 aliphatic rings. The average Bonchev–Trinajstić information content (AvgIpc) is 2.93. The second kappa shape index (κ2) is 7.17. The summed E-state index contributed by atoms with van der Waals surface area (Å²) in [4.78, 5) is 28.6. The van der Waals surface area contributed by atoms with Crippen molar-refractivity contribution in [2.45, 2.75) is 20.3 Å². The van der Waals surface area contributed by atoms with E-state index >= 15 is 0 Å². The van der Waals surface area contributed by atoms with E-state index in [2.05, 4.69) is 4.98 Å². The van der Waals surface area contributed by atoms with Crippen LogP contribution in [-0.2, 0) is 16.0 Å². The van der Waals surface area contributed by atoms with Crippen molar-refractivity contribution < 1.29 is 14.7 Å². The molecule has 0 atom stereocenters. The summed E-state index contributed by atoms with van der Waals surface area (Å²) in [6.07, 6.45) is 0.128. The summed E-state index contributed by atoms with van der Waals surface area (Å²) in [5.74, 6) is -1.22. The Morgan fingerprint density at radius 1 is 1.27 bits per heavy atom. The summed E-state index contributed by atoms with van der Waals surface area (Å²) < 4.78 is 0. The number of carbonyl (C=O) groups is 2. The van der Waals surface area contributed by atoms with Crippen molar-refractivity contribution in [1.82, 2.24) is 9.88 Å². The smallest absolute Gasteiger partial charge is 0.323 e. The van der Waals surface area contributed by atoms with E-state index in [4.69, 9.17) is 5.11 Å². The summed E-state index contributed by atoms with van der Waals surface area (Å²) in [6.45, 7) is 3.89. The predicted molar refractivity (Wildman–Crippen MR) is 85.9 cm³/mol. The Morgan fingerprint density at radius 3 is 2.55 bits per heavy atom. The molecule has 0 fully saturated rings. The number of nitrogens with zero attached hydrogens (tertiary/aromatic N) is 2. The van der Waals surface area contributed by atoms with E-state index in [9.17, 15) is 9.59 Å². The van der Waals surface area contributed by atoms with Crippen molar-refractivity contribution in [3.8, 4) is 10.6 Å². The van der Waals surface area contributed by atoms with Gasteiger partial charge in [0.2, 0.25) is 5.91 Å². The number of likely N-dealkylation sites (N-methyl/N-ethyl adjacent to an activating group) is 1. The fourth-order valence-electron chi connectivity index (χ4n) is 2.02. The molecule has 0 saturated heterocycles. The van der Waals surface area contributed by atoms with Crippen molar-refractivity contribution >= 4 is 23.2 Å². The first kappa shape index (κ1) is 16.2. The number of hydrogen-bond donors (Lipinski definition) is 1. The average molecular weight is 318 g/mol. The van der Waals surface area contributed by atoms with Gasteiger partial charge in [0.05, 0.1) is 12.1 Å². The second-order valence-electron chi connectivity index (χ2n) is 4.99. The zero-order valence-corrected chi connectivity index (χ0v) is 13.4. The molecule has 6 heteroatoms. The summed E-state index contributed by atoms with van der Waals surface area (Å²) in [6, 6.07) is 8.05. The van der Waals surface area contributed by atoms with Gasteiger partial charge in [-0.15, -0.1) is 11.3 Å². The molecule has 1 amide bonds. The molecular formula is C16H18N2O3S. The molecular weight excluding hydrogens is 300 g/mol. The minimum Gasteiger partial charge on any atom is -0.480 e. The van der Waals surface area contributed by atoms with Gasteiger partial charge in [-0.05, 0) is 13.8 Å². The van der Waals surface area contributed by atoms with Crippen LogP contribution < -0.4 is 0 Å². The lowest BCUT2D eigenvalue weighted by Gasteiger charge is -2.17. The van der Waals surface area contributed by atoms with Crippen molar-refractivity contribution in [3.05, 3.63) is 40.9 Å². The highest BCUT2D eigenvalue weighted by Crippen LogP contribution is 2.24. The van der Waals surface area contributed by atoms with Crippen molar-refractivity contribution in [3.63, 3.8) is 0 Å².